The van der Waals surface area contributed by atoms with Crippen molar-refractivity contribution in [2.24, 2.45) is 0 Å². The van der Waals surface area contributed by atoms with Crippen molar-refractivity contribution in [3.05, 3.63) is 64.6 Å². The van der Waals surface area contributed by atoms with Crippen molar-refractivity contribution in [3.63, 3.8) is 0 Å². The number of hydrogen-bond donors (Lipinski definition) is 1. The SMILES string of the molecule is COc1ccc(Br)c2c1[C@H](C(=O)NS(=O)(=O)c1cccc3ccccc13)CO2. The lowest BCUT2D eigenvalue weighted by atomic mass is 10.00. The molecule has 0 bridgehead atoms. The van der Waals surface area contributed by atoms with Gasteiger partial charge in [-0.3, -0.25) is 4.79 Å². The minimum absolute atomic E-state index is 0.0329. The number of carbonyl (C=O) groups is 1. The summed E-state index contributed by atoms with van der Waals surface area (Å²) in [7, 11) is -2.57. The van der Waals surface area contributed by atoms with Gasteiger partial charge in [-0.2, -0.15) is 0 Å². The summed E-state index contributed by atoms with van der Waals surface area (Å²) in [5.74, 6) is -0.504. The molecule has 4 rings (SSSR count). The third-order valence-electron chi connectivity index (χ3n) is 4.66. The van der Waals surface area contributed by atoms with Crippen LogP contribution < -0.4 is 14.2 Å². The fourth-order valence-corrected chi connectivity index (χ4v) is 5.07. The minimum Gasteiger partial charge on any atom is -0.496 e. The standard InChI is InChI=1S/C20H16BrNO5S/c1-26-16-10-9-15(21)19-18(16)14(11-27-19)20(23)22-28(24,25)17-8-4-6-12-5-2-3-7-13(12)17/h2-10,14H,11H2,1H3,(H,22,23)/t14-/m1/s1. The lowest BCUT2D eigenvalue weighted by molar-refractivity contribution is -0.121. The Morgan fingerprint density at radius 3 is 2.68 bits per heavy atom. The van der Waals surface area contributed by atoms with E-state index in [1.807, 2.05) is 18.2 Å². The molecule has 0 fully saturated rings. The molecular weight excluding hydrogens is 446 g/mol. The average molecular weight is 462 g/mol. The highest BCUT2D eigenvalue weighted by atomic mass is 79.9. The molecule has 1 amide bonds. The molecule has 6 nitrogen and oxygen atoms in total. The number of benzene rings is 3. The topological polar surface area (TPSA) is 81.7 Å². The van der Waals surface area contributed by atoms with Crippen LogP contribution in [0.2, 0.25) is 0 Å². The Kier molecular flexibility index (Phi) is 4.76. The van der Waals surface area contributed by atoms with Crippen LogP contribution in [0, 0.1) is 0 Å². The number of nitrogens with one attached hydrogen (secondary N) is 1. The Morgan fingerprint density at radius 1 is 1.14 bits per heavy atom. The van der Waals surface area contributed by atoms with Gasteiger partial charge < -0.3 is 9.47 Å². The smallest absolute Gasteiger partial charge is 0.264 e. The Labute approximate surface area is 170 Å². The second-order valence-corrected chi connectivity index (χ2v) is 8.81. The van der Waals surface area contributed by atoms with Crippen LogP contribution in [0.3, 0.4) is 0 Å². The van der Waals surface area contributed by atoms with Gasteiger partial charge in [-0.15, -0.1) is 0 Å². The van der Waals surface area contributed by atoms with E-state index in [-0.39, 0.29) is 11.5 Å². The highest BCUT2D eigenvalue weighted by Crippen LogP contribution is 2.45. The van der Waals surface area contributed by atoms with Crippen molar-refractivity contribution in [2.75, 3.05) is 13.7 Å². The molecular formula is C20H16BrNO5S. The number of carbonyl (C=O) groups excluding carboxylic acids is 1. The lowest BCUT2D eigenvalue weighted by Crippen LogP contribution is -2.35. The van der Waals surface area contributed by atoms with Crippen LogP contribution in [0.15, 0.2) is 64.0 Å². The normalized spacial score (nSPS) is 15.7. The van der Waals surface area contributed by atoms with Crippen LogP contribution in [0.4, 0.5) is 0 Å². The maximum Gasteiger partial charge on any atom is 0.264 e. The maximum atomic E-state index is 12.9. The first kappa shape index (κ1) is 18.8. The second kappa shape index (κ2) is 7.10. The first-order chi connectivity index (χ1) is 13.4. The van der Waals surface area contributed by atoms with Gasteiger partial charge >= 0.3 is 0 Å². The van der Waals surface area contributed by atoms with Crippen molar-refractivity contribution < 1.29 is 22.7 Å². The van der Waals surface area contributed by atoms with Crippen molar-refractivity contribution in [1.29, 1.82) is 0 Å². The quantitative estimate of drug-likeness (QED) is 0.641. The Hall–Kier alpha value is -2.58. The number of halogens is 1. The summed E-state index contributed by atoms with van der Waals surface area (Å²) in [4.78, 5) is 12.9. The summed E-state index contributed by atoms with van der Waals surface area (Å²) in [6, 6.07) is 15.5. The van der Waals surface area contributed by atoms with Crippen LogP contribution in [-0.4, -0.2) is 28.0 Å². The zero-order chi connectivity index (χ0) is 19.9. The minimum atomic E-state index is -4.06. The van der Waals surface area contributed by atoms with Crippen molar-refractivity contribution in [3.8, 4) is 11.5 Å². The van der Waals surface area contributed by atoms with Gasteiger partial charge in [-0.25, -0.2) is 13.1 Å². The highest BCUT2D eigenvalue weighted by Gasteiger charge is 2.37. The molecule has 1 aliphatic rings. The van der Waals surface area contributed by atoms with E-state index in [1.165, 1.54) is 13.2 Å². The van der Waals surface area contributed by atoms with Crippen molar-refractivity contribution >= 4 is 42.6 Å². The number of hydrogen-bond acceptors (Lipinski definition) is 5. The van der Waals surface area contributed by atoms with E-state index >= 15 is 0 Å². The number of sulfonamides is 1. The van der Waals surface area contributed by atoms with Gasteiger partial charge in [0.2, 0.25) is 5.91 Å². The lowest BCUT2D eigenvalue weighted by Gasteiger charge is -2.14. The van der Waals surface area contributed by atoms with Crippen LogP contribution in [-0.2, 0) is 14.8 Å². The van der Waals surface area contributed by atoms with E-state index in [0.717, 1.165) is 5.39 Å². The van der Waals surface area contributed by atoms with E-state index in [4.69, 9.17) is 9.47 Å². The monoisotopic (exact) mass is 461 g/mol. The molecule has 1 atom stereocenters. The number of fused-ring (bicyclic) bond motifs is 2. The summed E-state index contributed by atoms with van der Waals surface area (Å²) < 4.78 is 39.7. The fourth-order valence-electron chi connectivity index (χ4n) is 3.35. The summed E-state index contributed by atoms with van der Waals surface area (Å²) in [5.41, 5.74) is 0.530. The van der Waals surface area contributed by atoms with E-state index in [1.54, 1.807) is 30.3 Å². The van der Waals surface area contributed by atoms with Gasteiger partial charge in [0.25, 0.3) is 10.0 Å². The van der Waals surface area contributed by atoms with Gasteiger partial charge in [0.05, 0.1) is 22.0 Å². The molecule has 0 saturated heterocycles. The van der Waals surface area contributed by atoms with E-state index in [9.17, 15) is 13.2 Å². The van der Waals surface area contributed by atoms with E-state index < -0.39 is 21.8 Å². The molecule has 28 heavy (non-hydrogen) atoms. The van der Waals surface area contributed by atoms with Gasteiger partial charge in [0, 0.05) is 5.39 Å². The fraction of sp³-hybridized carbons (Fsp3) is 0.150. The van der Waals surface area contributed by atoms with Crippen LogP contribution >= 0.6 is 15.9 Å². The van der Waals surface area contributed by atoms with Gasteiger partial charge in [-0.1, -0.05) is 36.4 Å². The van der Waals surface area contributed by atoms with Crippen molar-refractivity contribution in [1.82, 2.24) is 4.72 Å². The van der Waals surface area contributed by atoms with Crippen LogP contribution in [0.25, 0.3) is 10.8 Å². The number of ether oxygens (including phenoxy) is 2. The van der Waals surface area contributed by atoms with Gasteiger partial charge in [-0.05, 0) is 39.5 Å². The largest absolute Gasteiger partial charge is 0.496 e. The van der Waals surface area contributed by atoms with Gasteiger partial charge in [0.1, 0.15) is 24.0 Å². The molecule has 3 aromatic rings. The molecule has 0 spiro atoms. The molecule has 1 N–H and O–H groups in total. The highest BCUT2D eigenvalue weighted by molar-refractivity contribution is 9.10. The van der Waals surface area contributed by atoms with E-state index in [0.29, 0.717) is 26.9 Å². The first-order valence-electron chi connectivity index (χ1n) is 8.46. The maximum absolute atomic E-state index is 12.9. The predicted octanol–water partition coefficient (Wildman–Crippen LogP) is 3.59. The molecule has 3 aromatic carbocycles. The summed E-state index contributed by atoms with van der Waals surface area (Å²) in [6.45, 7) is 0.0329. The zero-order valence-electron chi connectivity index (χ0n) is 14.8. The predicted molar refractivity (Wildman–Crippen MR) is 108 cm³/mol. The van der Waals surface area contributed by atoms with Crippen molar-refractivity contribution in [2.45, 2.75) is 10.8 Å². The molecule has 144 valence electrons. The average Bonchev–Trinajstić information content (AvgIpc) is 3.14. The molecule has 0 saturated carbocycles. The molecule has 0 unspecified atom stereocenters. The number of rotatable bonds is 4. The first-order valence-corrected chi connectivity index (χ1v) is 10.7. The van der Waals surface area contributed by atoms with Gasteiger partial charge in [0.15, 0.2) is 0 Å². The molecule has 8 heteroatoms. The Morgan fingerprint density at radius 2 is 1.89 bits per heavy atom. The summed E-state index contributed by atoms with van der Waals surface area (Å²) in [5, 5.41) is 1.33. The number of methoxy groups -OCH3 is 1. The Bertz CT molecular complexity index is 1190. The molecule has 1 heterocycles. The molecule has 0 radical (unpaired) electrons. The van der Waals surface area contributed by atoms with E-state index in [2.05, 4.69) is 20.7 Å². The summed E-state index contributed by atoms with van der Waals surface area (Å²) >= 11 is 3.38. The third-order valence-corrected chi connectivity index (χ3v) is 6.69. The van der Waals surface area contributed by atoms with Crippen LogP contribution in [0.5, 0.6) is 11.5 Å². The second-order valence-electron chi connectivity index (χ2n) is 6.30. The van der Waals surface area contributed by atoms with Crippen LogP contribution in [0.1, 0.15) is 11.5 Å². The summed E-state index contributed by atoms with van der Waals surface area (Å²) in [6.07, 6.45) is 0. The molecule has 1 aliphatic heterocycles. The third kappa shape index (κ3) is 3.12. The zero-order valence-corrected chi connectivity index (χ0v) is 17.2. The Balaban J connectivity index is 1.70. The molecule has 0 aromatic heterocycles. The number of amides is 1. The molecule has 0 aliphatic carbocycles.